The highest BCUT2D eigenvalue weighted by atomic mass is 35.5. The number of carbonyl (C=O) groups is 1. The minimum atomic E-state index is -0.0265. The number of carbonyl (C=O) groups excluding carboxylic acids is 1. The van der Waals surface area contributed by atoms with Gasteiger partial charge in [0.05, 0.1) is 0 Å². The zero-order valence-electron chi connectivity index (χ0n) is 12.2. The lowest BCUT2D eigenvalue weighted by molar-refractivity contribution is -0.114. The first kappa shape index (κ1) is 17.0. The van der Waals surface area contributed by atoms with Gasteiger partial charge in [-0.3, -0.25) is 9.69 Å². The summed E-state index contributed by atoms with van der Waals surface area (Å²) < 4.78 is 0. The van der Waals surface area contributed by atoms with Crippen molar-refractivity contribution in [2.45, 2.75) is 32.4 Å². The van der Waals surface area contributed by atoms with Gasteiger partial charge in [-0.05, 0) is 44.1 Å². The Kier molecular flexibility index (Phi) is 6.99. The highest BCUT2D eigenvalue weighted by Crippen LogP contribution is 2.20. The highest BCUT2D eigenvalue weighted by molar-refractivity contribution is 5.88. The van der Waals surface area contributed by atoms with E-state index in [-0.39, 0.29) is 18.3 Å². The third-order valence-corrected chi connectivity index (χ3v) is 3.60. The van der Waals surface area contributed by atoms with Crippen molar-refractivity contribution in [3.8, 4) is 0 Å². The number of anilines is 1. The molecule has 1 saturated heterocycles. The van der Waals surface area contributed by atoms with Gasteiger partial charge in [0, 0.05) is 31.7 Å². The fraction of sp³-hybridized carbons (Fsp3) is 0.533. The summed E-state index contributed by atoms with van der Waals surface area (Å²) in [6, 6.07) is 8.79. The molecule has 1 unspecified atom stereocenters. The van der Waals surface area contributed by atoms with Gasteiger partial charge in [0.2, 0.25) is 5.91 Å². The summed E-state index contributed by atoms with van der Waals surface area (Å²) in [4.78, 5) is 13.5. The Morgan fingerprint density at radius 2 is 2.05 bits per heavy atom. The minimum Gasteiger partial charge on any atom is -0.326 e. The maximum absolute atomic E-state index is 11.0. The lowest BCUT2D eigenvalue weighted by atomic mass is 10.1. The smallest absolute Gasteiger partial charge is 0.221 e. The van der Waals surface area contributed by atoms with E-state index in [1.165, 1.54) is 31.9 Å². The quantitative estimate of drug-likeness (QED) is 0.876. The summed E-state index contributed by atoms with van der Waals surface area (Å²) in [5.74, 6) is -0.0265. The van der Waals surface area contributed by atoms with Crippen LogP contribution in [-0.2, 0) is 11.3 Å². The number of rotatable bonds is 5. The molecule has 4 nitrogen and oxygen atoms in total. The molecule has 1 aromatic carbocycles. The molecule has 20 heavy (non-hydrogen) atoms. The topological polar surface area (TPSA) is 44.4 Å². The predicted molar refractivity (Wildman–Crippen MR) is 85.4 cm³/mol. The van der Waals surface area contributed by atoms with Gasteiger partial charge in [-0.15, -0.1) is 12.4 Å². The summed E-state index contributed by atoms with van der Waals surface area (Å²) in [5.41, 5.74) is 2.17. The van der Waals surface area contributed by atoms with Crippen LogP contribution in [-0.4, -0.2) is 37.0 Å². The average Bonchev–Trinajstić information content (AvgIpc) is 2.79. The van der Waals surface area contributed by atoms with Crippen molar-refractivity contribution in [2.75, 3.05) is 25.5 Å². The third kappa shape index (κ3) is 4.78. The molecule has 0 radical (unpaired) electrons. The molecule has 0 aromatic heterocycles. The zero-order valence-corrected chi connectivity index (χ0v) is 13.0. The molecule has 1 amide bonds. The number of hydrogen-bond acceptors (Lipinski definition) is 3. The van der Waals surface area contributed by atoms with Crippen molar-refractivity contribution < 1.29 is 4.79 Å². The predicted octanol–water partition coefficient (Wildman–Crippen LogP) is 2.25. The number of nitrogens with one attached hydrogen (secondary N) is 2. The van der Waals surface area contributed by atoms with Gasteiger partial charge in [0.15, 0.2) is 0 Å². The maximum Gasteiger partial charge on any atom is 0.221 e. The van der Waals surface area contributed by atoms with E-state index in [0.717, 1.165) is 18.8 Å². The van der Waals surface area contributed by atoms with Crippen LogP contribution in [0.15, 0.2) is 24.3 Å². The molecule has 5 heteroatoms. The molecule has 0 spiro atoms. The number of likely N-dealkylation sites (N-methyl/N-ethyl adjacent to an activating group) is 1. The van der Waals surface area contributed by atoms with Crippen LogP contribution in [0, 0.1) is 0 Å². The van der Waals surface area contributed by atoms with Crippen molar-refractivity contribution in [1.82, 2.24) is 10.2 Å². The molecule has 1 aliphatic heterocycles. The summed E-state index contributed by atoms with van der Waals surface area (Å²) >= 11 is 0. The normalized spacial score (nSPS) is 18.6. The van der Waals surface area contributed by atoms with Crippen molar-refractivity contribution in [3.63, 3.8) is 0 Å². The summed E-state index contributed by atoms with van der Waals surface area (Å²) in [7, 11) is 2.01. The van der Waals surface area contributed by atoms with E-state index in [2.05, 4.69) is 27.7 Å². The molecule has 1 aliphatic rings. The second-order valence-corrected chi connectivity index (χ2v) is 5.20. The Bertz CT molecular complexity index is 422. The molecule has 1 atom stereocenters. The lowest BCUT2D eigenvalue weighted by Crippen LogP contribution is -2.36. The van der Waals surface area contributed by atoms with Crippen LogP contribution in [0.5, 0.6) is 0 Å². The molecule has 0 aliphatic carbocycles. The minimum absolute atomic E-state index is 0. The van der Waals surface area contributed by atoms with Crippen LogP contribution in [0.2, 0.25) is 0 Å². The molecule has 1 aromatic rings. The highest BCUT2D eigenvalue weighted by Gasteiger charge is 2.23. The van der Waals surface area contributed by atoms with E-state index in [1.54, 1.807) is 0 Å². The Morgan fingerprint density at radius 1 is 1.35 bits per heavy atom. The number of amides is 1. The number of hydrogen-bond donors (Lipinski definition) is 2. The fourth-order valence-corrected chi connectivity index (χ4v) is 2.70. The van der Waals surface area contributed by atoms with E-state index >= 15 is 0 Å². The molecular weight excluding hydrogens is 274 g/mol. The molecule has 1 heterocycles. The van der Waals surface area contributed by atoms with Gasteiger partial charge >= 0.3 is 0 Å². The van der Waals surface area contributed by atoms with Crippen molar-refractivity contribution in [1.29, 1.82) is 0 Å². The molecule has 2 rings (SSSR count). The summed E-state index contributed by atoms with van der Waals surface area (Å²) in [6.45, 7) is 4.76. The standard InChI is InChI=1S/C15H23N3O.ClH/c1-12(19)17-14-7-5-13(6-8-14)11-18-9-3-4-15(18)10-16-2;/h5-8,15-16H,3-4,9-11H2,1-2H3,(H,17,19);1H. The average molecular weight is 298 g/mol. The Hall–Kier alpha value is -1.10. The molecular formula is C15H24ClN3O. The van der Waals surface area contributed by atoms with Crippen LogP contribution in [0.25, 0.3) is 0 Å². The van der Waals surface area contributed by atoms with Crippen LogP contribution in [0.3, 0.4) is 0 Å². The van der Waals surface area contributed by atoms with E-state index in [4.69, 9.17) is 0 Å². The number of likely N-dealkylation sites (tertiary alicyclic amines) is 1. The fourth-order valence-electron chi connectivity index (χ4n) is 2.70. The van der Waals surface area contributed by atoms with E-state index in [1.807, 2.05) is 19.2 Å². The second kappa shape index (κ2) is 8.25. The molecule has 0 bridgehead atoms. The van der Waals surface area contributed by atoms with Crippen molar-refractivity contribution >= 4 is 24.0 Å². The van der Waals surface area contributed by atoms with E-state index < -0.39 is 0 Å². The maximum atomic E-state index is 11.0. The molecule has 112 valence electrons. The van der Waals surface area contributed by atoms with Gasteiger partial charge in [0.1, 0.15) is 0 Å². The van der Waals surface area contributed by atoms with Crippen molar-refractivity contribution in [3.05, 3.63) is 29.8 Å². The van der Waals surface area contributed by atoms with Crippen molar-refractivity contribution in [2.24, 2.45) is 0 Å². The largest absolute Gasteiger partial charge is 0.326 e. The molecule has 0 saturated carbocycles. The third-order valence-electron chi connectivity index (χ3n) is 3.60. The molecule has 2 N–H and O–H groups in total. The number of nitrogens with zero attached hydrogens (tertiary/aromatic N) is 1. The Morgan fingerprint density at radius 3 is 2.65 bits per heavy atom. The summed E-state index contributed by atoms with van der Waals surface area (Å²) in [5, 5.41) is 6.06. The van der Waals surface area contributed by atoms with Crippen LogP contribution >= 0.6 is 12.4 Å². The van der Waals surface area contributed by atoms with Gasteiger partial charge in [-0.25, -0.2) is 0 Å². The molecule has 1 fully saturated rings. The first-order valence-electron chi connectivity index (χ1n) is 6.94. The summed E-state index contributed by atoms with van der Waals surface area (Å²) in [6.07, 6.45) is 2.57. The Balaban J connectivity index is 0.00000200. The van der Waals surface area contributed by atoms with Crippen LogP contribution < -0.4 is 10.6 Å². The number of halogens is 1. The SMILES string of the molecule is CNCC1CCCN1Cc1ccc(NC(C)=O)cc1.Cl. The van der Waals surface area contributed by atoms with E-state index in [0.29, 0.717) is 6.04 Å². The lowest BCUT2D eigenvalue weighted by Gasteiger charge is -2.24. The zero-order chi connectivity index (χ0) is 13.7. The van der Waals surface area contributed by atoms with Crippen LogP contribution in [0.1, 0.15) is 25.3 Å². The first-order valence-corrected chi connectivity index (χ1v) is 6.94. The Labute approximate surface area is 127 Å². The van der Waals surface area contributed by atoms with Crippen LogP contribution in [0.4, 0.5) is 5.69 Å². The monoisotopic (exact) mass is 297 g/mol. The van der Waals surface area contributed by atoms with Gasteiger partial charge < -0.3 is 10.6 Å². The van der Waals surface area contributed by atoms with Gasteiger partial charge in [-0.2, -0.15) is 0 Å². The van der Waals surface area contributed by atoms with E-state index in [9.17, 15) is 4.79 Å². The second-order valence-electron chi connectivity index (χ2n) is 5.20. The number of benzene rings is 1. The first-order chi connectivity index (χ1) is 9.19. The van der Waals surface area contributed by atoms with Gasteiger partial charge in [0.25, 0.3) is 0 Å². The van der Waals surface area contributed by atoms with Gasteiger partial charge in [-0.1, -0.05) is 12.1 Å².